The van der Waals surface area contributed by atoms with E-state index in [1.165, 1.54) is 0 Å². The molecule has 1 saturated heterocycles. The van der Waals surface area contributed by atoms with Crippen molar-refractivity contribution >= 4 is 17.3 Å². The lowest BCUT2D eigenvalue weighted by molar-refractivity contribution is -0.285. The van der Waals surface area contributed by atoms with Crippen LogP contribution in [0.5, 0.6) is 0 Å². The number of hydrogen-bond acceptors (Lipinski definition) is 4. The molecule has 2 aliphatic rings. The zero-order valence-electron chi connectivity index (χ0n) is 10.4. The summed E-state index contributed by atoms with van der Waals surface area (Å²) >= 11 is 0. The van der Waals surface area contributed by atoms with E-state index < -0.39 is 5.79 Å². The first kappa shape index (κ1) is 11.5. The predicted octanol–water partition coefficient (Wildman–Crippen LogP) is 1.45. The van der Waals surface area contributed by atoms with Gasteiger partial charge in [0, 0.05) is 16.7 Å². The molecule has 5 nitrogen and oxygen atoms in total. The van der Waals surface area contributed by atoms with E-state index in [2.05, 4.69) is 5.32 Å². The van der Waals surface area contributed by atoms with Gasteiger partial charge in [-0.25, -0.2) is 0 Å². The second-order valence-corrected chi connectivity index (χ2v) is 5.62. The smallest absolute Gasteiger partial charge is 0.289 e. The van der Waals surface area contributed by atoms with Crippen molar-refractivity contribution in [3.63, 3.8) is 0 Å². The second kappa shape index (κ2) is 3.46. The summed E-state index contributed by atoms with van der Waals surface area (Å²) in [5, 5.41) is 2.77. The zero-order valence-corrected chi connectivity index (χ0v) is 10.4. The van der Waals surface area contributed by atoms with Crippen molar-refractivity contribution in [1.82, 2.24) is 0 Å². The van der Waals surface area contributed by atoms with Crippen LogP contribution in [0.15, 0.2) is 18.2 Å². The maximum absolute atomic E-state index is 12.1. The molecule has 0 saturated carbocycles. The van der Waals surface area contributed by atoms with Gasteiger partial charge in [-0.1, -0.05) is 13.8 Å². The maximum atomic E-state index is 12.1. The molecule has 3 rings (SSSR count). The summed E-state index contributed by atoms with van der Waals surface area (Å²) in [4.78, 5) is 12.1. The van der Waals surface area contributed by atoms with E-state index >= 15 is 0 Å². The number of nitrogen functional groups attached to an aromatic ring is 1. The molecule has 96 valence electrons. The van der Waals surface area contributed by atoms with Crippen LogP contribution in [0.25, 0.3) is 0 Å². The van der Waals surface area contributed by atoms with Gasteiger partial charge in [-0.2, -0.15) is 0 Å². The van der Waals surface area contributed by atoms with E-state index in [9.17, 15) is 4.79 Å². The molecule has 0 aliphatic carbocycles. The summed E-state index contributed by atoms with van der Waals surface area (Å²) in [6.45, 7) is 5.00. The van der Waals surface area contributed by atoms with Crippen LogP contribution in [-0.4, -0.2) is 19.1 Å². The summed E-state index contributed by atoms with van der Waals surface area (Å²) < 4.78 is 11.5. The van der Waals surface area contributed by atoms with Crippen LogP contribution in [0.4, 0.5) is 11.4 Å². The van der Waals surface area contributed by atoms with Gasteiger partial charge in [0.15, 0.2) is 0 Å². The van der Waals surface area contributed by atoms with Crippen molar-refractivity contribution in [3.05, 3.63) is 23.8 Å². The molecule has 1 aromatic carbocycles. The minimum absolute atomic E-state index is 0.0887. The number of ether oxygens (including phenoxy) is 2. The van der Waals surface area contributed by atoms with Crippen LogP contribution in [0, 0.1) is 5.41 Å². The van der Waals surface area contributed by atoms with E-state index in [1.54, 1.807) is 18.2 Å². The van der Waals surface area contributed by atoms with Gasteiger partial charge in [0.05, 0.1) is 18.9 Å². The van der Waals surface area contributed by atoms with Crippen LogP contribution < -0.4 is 11.1 Å². The minimum Gasteiger partial charge on any atom is -0.399 e. The number of nitrogens with one attached hydrogen (secondary N) is 1. The highest BCUT2D eigenvalue weighted by atomic mass is 16.7. The van der Waals surface area contributed by atoms with Gasteiger partial charge in [-0.15, -0.1) is 0 Å². The number of amides is 1. The van der Waals surface area contributed by atoms with Gasteiger partial charge in [-0.05, 0) is 18.2 Å². The van der Waals surface area contributed by atoms with Crippen molar-refractivity contribution in [2.45, 2.75) is 19.6 Å². The first-order valence-corrected chi connectivity index (χ1v) is 5.92. The molecule has 0 bridgehead atoms. The third kappa shape index (κ3) is 1.51. The van der Waals surface area contributed by atoms with E-state index in [4.69, 9.17) is 15.2 Å². The number of fused-ring (bicyclic) bond motifs is 2. The lowest BCUT2D eigenvalue weighted by Crippen LogP contribution is -2.49. The summed E-state index contributed by atoms with van der Waals surface area (Å²) in [5.41, 5.74) is 7.64. The van der Waals surface area contributed by atoms with Crippen LogP contribution in [0.3, 0.4) is 0 Å². The Hall–Kier alpha value is -1.59. The normalized spacial score (nSPS) is 23.8. The summed E-state index contributed by atoms with van der Waals surface area (Å²) in [7, 11) is 0. The standard InChI is InChI=1S/C13H16N2O3/c1-12(2)6-17-13(18-7-12)9-5-8(14)3-4-10(9)15-11(13)16/h3-5H,6-7,14H2,1-2H3,(H,15,16). The molecule has 18 heavy (non-hydrogen) atoms. The van der Waals surface area contributed by atoms with Crippen molar-refractivity contribution in [2.24, 2.45) is 5.41 Å². The third-order valence-electron chi connectivity index (χ3n) is 3.28. The molecule has 0 unspecified atom stereocenters. The molecule has 0 radical (unpaired) electrons. The predicted molar refractivity (Wildman–Crippen MR) is 66.8 cm³/mol. The van der Waals surface area contributed by atoms with E-state index in [-0.39, 0.29) is 11.3 Å². The highest BCUT2D eigenvalue weighted by Gasteiger charge is 2.53. The number of anilines is 2. The molecule has 2 heterocycles. The van der Waals surface area contributed by atoms with Gasteiger partial charge in [0.1, 0.15) is 0 Å². The zero-order chi connectivity index (χ0) is 13.0. The number of carbonyl (C=O) groups excluding carboxylic acids is 1. The Morgan fingerprint density at radius 1 is 1.28 bits per heavy atom. The lowest BCUT2D eigenvalue weighted by atomic mass is 9.93. The second-order valence-electron chi connectivity index (χ2n) is 5.62. The topological polar surface area (TPSA) is 73.6 Å². The molecule has 1 aromatic rings. The molecule has 3 N–H and O–H groups in total. The Labute approximate surface area is 105 Å². The Morgan fingerprint density at radius 3 is 2.61 bits per heavy atom. The number of benzene rings is 1. The molecule has 5 heteroatoms. The van der Waals surface area contributed by atoms with Gasteiger partial charge in [0.2, 0.25) is 0 Å². The molecule has 1 amide bonds. The van der Waals surface area contributed by atoms with Crippen molar-refractivity contribution < 1.29 is 14.3 Å². The SMILES string of the molecule is CC1(C)COC2(OC1)C(=O)Nc1ccc(N)cc12. The van der Waals surface area contributed by atoms with Gasteiger partial charge < -0.3 is 20.5 Å². The van der Waals surface area contributed by atoms with Gasteiger partial charge in [-0.3, -0.25) is 4.79 Å². The molecular weight excluding hydrogens is 232 g/mol. The van der Waals surface area contributed by atoms with Crippen LogP contribution >= 0.6 is 0 Å². The number of carbonyl (C=O) groups is 1. The monoisotopic (exact) mass is 248 g/mol. The molecule has 1 spiro atoms. The molecule has 0 atom stereocenters. The largest absolute Gasteiger partial charge is 0.399 e. The quantitative estimate of drug-likeness (QED) is 0.681. The van der Waals surface area contributed by atoms with E-state index in [0.717, 1.165) is 0 Å². The average Bonchev–Trinajstić information content (AvgIpc) is 2.57. The Balaban J connectivity index is 2.04. The Morgan fingerprint density at radius 2 is 1.94 bits per heavy atom. The first-order chi connectivity index (χ1) is 8.43. The summed E-state index contributed by atoms with van der Waals surface area (Å²) in [6, 6.07) is 5.24. The fraction of sp³-hybridized carbons (Fsp3) is 0.462. The van der Waals surface area contributed by atoms with Gasteiger partial charge in [0.25, 0.3) is 11.7 Å². The fourth-order valence-electron chi connectivity index (χ4n) is 2.23. The average molecular weight is 248 g/mol. The van der Waals surface area contributed by atoms with Crippen LogP contribution in [0.1, 0.15) is 19.4 Å². The first-order valence-electron chi connectivity index (χ1n) is 5.92. The molecular formula is C13H16N2O3. The fourth-order valence-corrected chi connectivity index (χ4v) is 2.23. The third-order valence-corrected chi connectivity index (χ3v) is 3.28. The molecule has 2 aliphatic heterocycles. The van der Waals surface area contributed by atoms with Crippen molar-refractivity contribution in [1.29, 1.82) is 0 Å². The Bertz CT molecular complexity index is 515. The van der Waals surface area contributed by atoms with E-state index in [1.807, 2.05) is 13.8 Å². The number of hydrogen-bond donors (Lipinski definition) is 2. The Kier molecular flexibility index (Phi) is 2.21. The maximum Gasteiger partial charge on any atom is 0.289 e. The lowest BCUT2D eigenvalue weighted by Gasteiger charge is -2.39. The summed E-state index contributed by atoms with van der Waals surface area (Å²) in [5.74, 6) is -1.60. The minimum atomic E-state index is -1.32. The van der Waals surface area contributed by atoms with E-state index in [0.29, 0.717) is 30.2 Å². The van der Waals surface area contributed by atoms with Crippen molar-refractivity contribution in [2.75, 3.05) is 24.3 Å². The van der Waals surface area contributed by atoms with Gasteiger partial charge >= 0.3 is 0 Å². The van der Waals surface area contributed by atoms with Crippen molar-refractivity contribution in [3.8, 4) is 0 Å². The molecule has 1 fully saturated rings. The van der Waals surface area contributed by atoms with Crippen LogP contribution in [-0.2, 0) is 20.1 Å². The molecule has 0 aromatic heterocycles. The summed E-state index contributed by atoms with van der Waals surface area (Å²) in [6.07, 6.45) is 0. The van der Waals surface area contributed by atoms with Crippen LogP contribution in [0.2, 0.25) is 0 Å². The number of rotatable bonds is 0. The highest BCUT2D eigenvalue weighted by molar-refractivity contribution is 6.04. The highest BCUT2D eigenvalue weighted by Crippen LogP contribution is 2.44. The number of nitrogens with two attached hydrogens (primary N) is 1.